The molecule has 5 heteroatoms. The van der Waals surface area contributed by atoms with E-state index in [-0.39, 0.29) is 0 Å². The number of ether oxygens (including phenoxy) is 2. The Morgan fingerprint density at radius 2 is 2.10 bits per heavy atom. The third-order valence-corrected chi connectivity index (χ3v) is 7.81. The summed E-state index contributed by atoms with van der Waals surface area (Å²) in [5.74, 6) is 3.35. The average Bonchev–Trinajstić information content (AvgIpc) is 3.12. The summed E-state index contributed by atoms with van der Waals surface area (Å²) >= 11 is 4.40. The third kappa shape index (κ3) is 4.29. The van der Waals surface area contributed by atoms with Gasteiger partial charge in [0, 0.05) is 47.2 Å². The van der Waals surface area contributed by atoms with Crippen LogP contribution in [0.2, 0.25) is 0 Å². The van der Waals surface area contributed by atoms with Crippen LogP contribution in [0.5, 0.6) is 0 Å². The van der Waals surface area contributed by atoms with Gasteiger partial charge in [0.1, 0.15) is 0 Å². The van der Waals surface area contributed by atoms with E-state index in [2.05, 4.69) is 28.8 Å². The van der Waals surface area contributed by atoms with E-state index in [1.54, 1.807) is 0 Å². The van der Waals surface area contributed by atoms with Gasteiger partial charge in [-0.2, -0.15) is 23.5 Å². The monoisotopic (exact) mass is 317 g/mol. The number of rotatable bonds is 7. The topological polar surface area (TPSA) is 30.5 Å². The molecule has 0 amide bonds. The minimum Gasteiger partial charge on any atom is -0.381 e. The van der Waals surface area contributed by atoms with Crippen LogP contribution >= 0.6 is 23.5 Å². The van der Waals surface area contributed by atoms with Crippen LogP contribution in [0.1, 0.15) is 25.7 Å². The summed E-state index contributed by atoms with van der Waals surface area (Å²) in [6.45, 7) is 4.72. The summed E-state index contributed by atoms with van der Waals surface area (Å²) in [5.41, 5.74) is 0. The highest BCUT2D eigenvalue weighted by atomic mass is 32.2. The Balaban J connectivity index is 1.23. The quantitative estimate of drug-likeness (QED) is 0.729. The van der Waals surface area contributed by atoms with Crippen LogP contribution in [-0.4, -0.2) is 61.0 Å². The lowest BCUT2D eigenvalue weighted by Gasteiger charge is -2.28. The van der Waals surface area contributed by atoms with E-state index in [0.29, 0.717) is 5.92 Å². The fourth-order valence-electron chi connectivity index (χ4n) is 3.36. The Labute approximate surface area is 131 Å². The summed E-state index contributed by atoms with van der Waals surface area (Å²) in [6, 6.07) is 0.751. The molecular weight excluding hydrogens is 290 g/mol. The molecule has 1 aliphatic carbocycles. The smallest absolute Gasteiger partial charge is 0.0517 e. The van der Waals surface area contributed by atoms with Gasteiger partial charge in [0.25, 0.3) is 0 Å². The average molecular weight is 318 g/mol. The molecule has 0 aromatic carbocycles. The van der Waals surface area contributed by atoms with E-state index >= 15 is 0 Å². The van der Waals surface area contributed by atoms with E-state index in [9.17, 15) is 0 Å². The lowest BCUT2D eigenvalue weighted by atomic mass is 10.1. The van der Waals surface area contributed by atoms with Gasteiger partial charge in [-0.05, 0) is 32.2 Å². The molecule has 0 radical (unpaired) electrons. The second-order valence-electron chi connectivity index (χ2n) is 6.04. The molecule has 0 aromatic heterocycles. The third-order valence-electron chi connectivity index (χ3n) is 4.50. The van der Waals surface area contributed by atoms with Crippen LogP contribution in [0.15, 0.2) is 0 Å². The highest BCUT2D eigenvalue weighted by molar-refractivity contribution is 8.07. The molecule has 0 spiro atoms. The second kappa shape index (κ2) is 8.28. The fourth-order valence-corrected chi connectivity index (χ4v) is 6.68. The first-order chi connectivity index (χ1) is 9.93. The molecule has 0 bridgehead atoms. The second-order valence-corrected chi connectivity index (χ2v) is 8.67. The minimum atomic E-state index is 0.647. The summed E-state index contributed by atoms with van der Waals surface area (Å²) in [5, 5.41) is 5.56. The van der Waals surface area contributed by atoms with Crippen molar-refractivity contribution in [3.8, 4) is 0 Å². The Hall–Kier alpha value is 0.580. The predicted octanol–water partition coefficient (Wildman–Crippen LogP) is 2.40. The summed E-state index contributed by atoms with van der Waals surface area (Å²) in [7, 11) is 0. The van der Waals surface area contributed by atoms with Crippen LogP contribution in [0.25, 0.3) is 0 Å². The number of hydrogen-bond donors (Lipinski definition) is 1. The summed E-state index contributed by atoms with van der Waals surface area (Å²) in [6.07, 6.45) is 5.10. The molecule has 0 unspecified atom stereocenters. The van der Waals surface area contributed by atoms with Crippen molar-refractivity contribution in [1.82, 2.24) is 5.32 Å². The zero-order valence-corrected chi connectivity index (χ0v) is 13.9. The molecule has 2 aliphatic heterocycles. The Morgan fingerprint density at radius 3 is 3.00 bits per heavy atom. The van der Waals surface area contributed by atoms with Crippen LogP contribution in [0, 0.1) is 5.92 Å². The van der Waals surface area contributed by atoms with Crippen LogP contribution < -0.4 is 5.32 Å². The Kier molecular flexibility index (Phi) is 6.40. The van der Waals surface area contributed by atoms with Gasteiger partial charge in [-0.15, -0.1) is 0 Å². The number of thioether (sulfide) groups is 2. The van der Waals surface area contributed by atoms with E-state index in [1.165, 1.54) is 30.8 Å². The Bertz CT molecular complexity index is 287. The maximum absolute atomic E-state index is 5.76. The molecule has 3 nitrogen and oxygen atoms in total. The molecule has 1 N–H and O–H groups in total. The lowest BCUT2D eigenvalue weighted by molar-refractivity contribution is 0.0880. The molecule has 2 heterocycles. The number of hydrogen-bond acceptors (Lipinski definition) is 5. The molecule has 4 atom stereocenters. The standard InChI is InChI=1S/C15H27NO2S2/c1(6-17-10-12-4-7-18-11-12)5-16-13-2-3-14-15(13)20-9-8-19-14/h12-16H,1-11H2/t12-,13+,14-,15-/m0/s1. The van der Waals surface area contributed by atoms with E-state index in [1.807, 2.05) is 0 Å². The first-order valence-corrected chi connectivity index (χ1v) is 10.2. The van der Waals surface area contributed by atoms with Gasteiger partial charge >= 0.3 is 0 Å². The zero-order valence-electron chi connectivity index (χ0n) is 12.2. The maximum atomic E-state index is 5.76. The van der Waals surface area contributed by atoms with Gasteiger partial charge in [-0.3, -0.25) is 0 Å². The fraction of sp³-hybridized carbons (Fsp3) is 1.00. The number of fused-ring (bicyclic) bond motifs is 1. The highest BCUT2D eigenvalue weighted by Gasteiger charge is 2.38. The minimum absolute atomic E-state index is 0.647. The van der Waals surface area contributed by atoms with Crippen molar-refractivity contribution in [2.75, 3.05) is 44.5 Å². The molecule has 116 valence electrons. The summed E-state index contributed by atoms with van der Waals surface area (Å²) in [4.78, 5) is 0. The zero-order chi connectivity index (χ0) is 13.6. The Morgan fingerprint density at radius 1 is 1.15 bits per heavy atom. The molecular formula is C15H27NO2S2. The van der Waals surface area contributed by atoms with E-state index in [4.69, 9.17) is 9.47 Å². The van der Waals surface area contributed by atoms with Crippen molar-refractivity contribution in [2.45, 2.75) is 42.2 Å². The van der Waals surface area contributed by atoms with E-state index < -0.39 is 0 Å². The first kappa shape index (κ1) is 15.5. The van der Waals surface area contributed by atoms with Crippen LogP contribution in [0.4, 0.5) is 0 Å². The number of nitrogens with one attached hydrogen (secondary N) is 1. The maximum Gasteiger partial charge on any atom is 0.0517 e. The van der Waals surface area contributed by atoms with Gasteiger partial charge in [0.2, 0.25) is 0 Å². The van der Waals surface area contributed by atoms with Gasteiger partial charge in [0.15, 0.2) is 0 Å². The van der Waals surface area contributed by atoms with Crippen molar-refractivity contribution in [1.29, 1.82) is 0 Å². The first-order valence-electron chi connectivity index (χ1n) is 8.05. The highest BCUT2D eigenvalue weighted by Crippen LogP contribution is 2.41. The molecule has 3 rings (SSSR count). The SMILES string of the molecule is C(CN[C@@H]1CC[C@@H]2SCCS[C@H]21)COC[C@@H]1CCOC1. The largest absolute Gasteiger partial charge is 0.381 e. The van der Waals surface area contributed by atoms with Crippen molar-refractivity contribution >= 4 is 23.5 Å². The van der Waals surface area contributed by atoms with Gasteiger partial charge < -0.3 is 14.8 Å². The van der Waals surface area contributed by atoms with Crippen molar-refractivity contribution < 1.29 is 9.47 Å². The van der Waals surface area contributed by atoms with Crippen molar-refractivity contribution in [2.24, 2.45) is 5.92 Å². The van der Waals surface area contributed by atoms with E-state index in [0.717, 1.165) is 55.9 Å². The van der Waals surface area contributed by atoms with Crippen LogP contribution in [-0.2, 0) is 9.47 Å². The van der Waals surface area contributed by atoms with Gasteiger partial charge in [-0.25, -0.2) is 0 Å². The van der Waals surface area contributed by atoms with Crippen LogP contribution in [0.3, 0.4) is 0 Å². The van der Waals surface area contributed by atoms with Crippen molar-refractivity contribution in [3.63, 3.8) is 0 Å². The predicted molar refractivity (Wildman–Crippen MR) is 87.9 cm³/mol. The van der Waals surface area contributed by atoms with Gasteiger partial charge in [-0.1, -0.05) is 0 Å². The molecule has 0 aromatic rings. The molecule has 3 aliphatic rings. The summed E-state index contributed by atoms with van der Waals surface area (Å²) < 4.78 is 11.1. The van der Waals surface area contributed by atoms with Crippen molar-refractivity contribution in [3.05, 3.63) is 0 Å². The lowest BCUT2D eigenvalue weighted by Crippen LogP contribution is -2.39. The molecule has 2 saturated heterocycles. The molecule has 3 fully saturated rings. The molecule has 1 saturated carbocycles. The normalized spacial score (nSPS) is 37.2. The molecule has 20 heavy (non-hydrogen) atoms. The van der Waals surface area contributed by atoms with Gasteiger partial charge in [0.05, 0.1) is 13.2 Å².